The van der Waals surface area contributed by atoms with Crippen LogP contribution in [-0.2, 0) is 27.3 Å². The molecule has 0 N–H and O–H groups in total. The number of nitrogens with zero attached hydrogens (tertiary/aromatic N) is 2. The lowest BCUT2D eigenvalue weighted by molar-refractivity contribution is -0.141. The topological polar surface area (TPSA) is 68.2 Å². The maximum atomic E-state index is 12.5. The average molecular weight is 352 g/mol. The summed E-state index contributed by atoms with van der Waals surface area (Å²) >= 11 is 0. The van der Waals surface area contributed by atoms with Gasteiger partial charge in [-0.2, -0.15) is 0 Å². The number of rotatable bonds is 5. The van der Waals surface area contributed by atoms with Crippen molar-refractivity contribution < 1.29 is 19.1 Å². The highest BCUT2D eigenvalue weighted by Crippen LogP contribution is 2.16. The van der Waals surface area contributed by atoms with Gasteiger partial charge < -0.3 is 9.47 Å². The minimum atomic E-state index is -0.719. The molecule has 0 aromatic heterocycles. The highest BCUT2D eigenvalue weighted by Gasteiger charge is 2.35. The summed E-state index contributed by atoms with van der Waals surface area (Å²) in [5.74, 6) is 0.0404. The van der Waals surface area contributed by atoms with E-state index < -0.39 is 18.1 Å². The fraction of sp³-hybridized carbons (Fsp3) is 0.250. The normalized spacial score (nSPS) is 16.1. The number of aliphatic imine (C=N–C) groups is 1. The molecule has 0 saturated heterocycles. The Labute approximate surface area is 152 Å². The SMILES string of the molecule is COC(=O)[C@@H]1CN(C(=O)OCc2ccccc2)C(Cc2ccccc2)=N1. The molecule has 0 saturated carbocycles. The molecule has 0 fully saturated rings. The monoisotopic (exact) mass is 352 g/mol. The minimum absolute atomic E-state index is 0.127. The van der Waals surface area contributed by atoms with Gasteiger partial charge in [0.15, 0.2) is 6.04 Å². The zero-order valence-corrected chi connectivity index (χ0v) is 14.5. The van der Waals surface area contributed by atoms with Crippen LogP contribution in [0, 0.1) is 0 Å². The second-order valence-corrected chi connectivity index (χ2v) is 5.90. The van der Waals surface area contributed by atoms with Gasteiger partial charge in [-0.1, -0.05) is 60.7 Å². The predicted molar refractivity (Wildman–Crippen MR) is 96.7 cm³/mol. The number of amidine groups is 1. The van der Waals surface area contributed by atoms with E-state index in [2.05, 4.69) is 4.99 Å². The largest absolute Gasteiger partial charge is 0.467 e. The van der Waals surface area contributed by atoms with Gasteiger partial charge in [0, 0.05) is 6.42 Å². The highest BCUT2D eigenvalue weighted by molar-refractivity contribution is 6.00. The molecule has 0 spiro atoms. The molecule has 6 nitrogen and oxygen atoms in total. The summed E-state index contributed by atoms with van der Waals surface area (Å²) in [4.78, 5) is 30.2. The van der Waals surface area contributed by atoms with Crippen LogP contribution >= 0.6 is 0 Å². The molecule has 1 atom stereocenters. The lowest BCUT2D eigenvalue weighted by atomic mass is 10.1. The summed E-state index contributed by atoms with van der Waals surface area (Å²) in [5, 5.41) is 0. The molecule has 2 aromatic carbocycles. The van der Waals surface area contributed by atoms with Crippen LogP contribution in [0.1, 0.15) is 11.1 Å². The predicted octanol–water partition coefficient (Wildman–Crippen LogP) is 2.82. The molecule has 1 amide bonds. The van der Waals surface area contributed by atoms with Crippen molar-refractivity contribution in [3.63, 3.8) is 0 Å². The summed E-state index contributed by atoms with van der Waals surface area (Å²) in [6.07, 6.45) is -0.0793. The van der Waals surface area contributed by atoms with Crippen LogP contribution in [0.3, 0.4) is 0 Å². The van der Waals surface area contributed by atoms with E-state index in [-0.39, 0.29) is 13.2 Å². The third-order valence-corrected chi connectivity index (χ3v) is 4.08. The fourth-order valence-electron chi connectivity index (χ4n) is 2.73. The van der Waals surface area contributed by atoms with Gasteiger partial charge in [-0.15, -0.1) is 0 Å². The lowest BCUT2D eigenvalue weighted by Crippen LogP contribution is -2.38. The zero-order valence-electron chi connectivity index (χ0n) is 14.5. The highest BCUT2D eigenvalue weighted by atomic mass is 16.6. The molecule has 3 rings (SSSR count). The maximum Gasteiger partial charge on any atom is 0.415 e. The Bertz CT molecular complexity index is 790. The van der Waals surface area contributed by atoms with E-state index in [0.717, 1.165) is 11.1 Å². The van der Waals surface area contributed by atoms with Crippen LogP contribution in [-0.4, -0.2) is 42.5 Å². The molecular formula is C20H20N2O4. The van der Waals surface area contributed by atoms with Crippen molar-refractivity contribution in [1.29, 1.82) is 0 Å². The first kappa shape index (κ1) is 17.7. The number of ether oxygens (including phenoxy) is 2. The third kappa shape index (κ3) is 4.27. The van der Waals surface area contributed by atoms with Gasteiger partial charge in [-0.25, -0.2) is 9.59 Å². The number of hydrogen-bond donors (Lipinski definition) is 0. The van der Waals surface area contributed by atoms with Crippen LogP contribution in [0.15, 0.2) is 65.7 Å². The number of amides is 1. The first-order valence-electron chi connectivity index (χ1n) is 8.34. The minimum Gasteiger partial charge on any atom is -0.467 e. The van der Waals surface area contributed by atoms with Gasteiger partial charge in [0.1, 0.15) is 12.4 Å². The lowest BCUT2D eigenvalue weighted by Gasteiger charge is -2.18. The number of hydrogen-bond acceptors (Lipinski definition) is 5. The molecule has 2 aromatic rings. The maximum absolute atomic E-state index is 12.5. The molecule has 0 radical (unpaired) electrons. The van der Waals surface area contributed by atoms with Crippen LogP contribution in [0.25, 0.3) is 0 Å². The Hall–Kier alpha value is -3.15. The first-order valence-corrected chi connectivity index (χ1v) is 8.34. The quantitative estimate of drug-likeness (QED) is 0.776. The van der Waals surface area contributed by atoms with Gasteiger partial charge >= 0.3 is 12.1 Å². The van der Waals surface area contributed by atoms with Crippen molar-refractivity contribution >= 4 is 17.9 Å². The summed E-state index contributed by atoms with van der Waals surface area (Å²) in [5.41, 5.74) is 1.89. The Morgan fingerprint density at radius 3 is 2.27 bits per heavy atom. The van der Waals surface area contributed by atoms with E-state index in [1.165, 1.54) is 12.0 Å². The van der Waals surface area contributed by atoms with Gasteiger partial charge in [-0.05, 0) is 11.1 Å². The fourth-order valence-corrected chi connectivity index (χ4v) is 2.73. The van der Waals surface area contributed by atoms with Crippen molar-refractivity contribution in [2.75, 3.05) is 13.7 Å². The van der Waals surface area contributed by atoms with Crippen molar-refractivity contribution in [2.24, 2.45) is 4.99 Å². The number of esters is 1. The molecule has 134 valence electrons. The molecule has 1 aliphatic rings. The van der Waals surface area contributed by atoms with Crippen molar-refractivity contribution in [1.82, 2.24) is 4.90 Å². The average Bonchev–Trinajstić information content (AvgIpc) is 3.11. The number of methoxy groups -OCH3 is 1. The molecule has 0 unspecified atom stereocenters. The van der Waals surface area contributed by atoms with Crippen LogP contribution in [0.4, 0.5) is 4.79 Å². The Morgan fingerprint density at radius 2 is 1.65 bits per heavy atom. The molecule has 1 aliphatic heterocycles. The standard InChI is InChI=1S/C20H20N2O4/c1-25-19(23)17-13-22(18(21-17)12-15-8-4-2-5-9-15)20(24)26-14-16-10-6-3-7-11-16/h2-11,17H,12-14H2,1H3/t17-/m0/s1. The van der Waals surface area contributed by atoms with E-state index in [9.17, 15) is 9.59 Å². The third-order valence-electron chi connectivity index (χ3n) is 4.08. The molecule has 1 heterocycles. The van der Waals surface area contributed by atoms with E-state index in [1.807, 2.05) is 60.7 Å². The smallest absolute Gasteiger partial charge is 0.415 e. The van der Waals surface area contributed by atoms with Crippen LogP contribution in [0.5, 0.6) is 0 Å². The number of carbonyl (C=O) groups is 2. The van der Waals surface area contributed by atoms with Gasteiger partial charge in [0.2, 0.25) is 0 Å². The number of carbonyl (C=O) groups excluding carboxylic acids is 2. The summed E-state index contributed by atoms with van der Waals surface area (Å²) in [6, 6.07) is 18.4. The summed E-state index contributed by atoms with van der Waals surface area (Å²) < 4.78 is 10.2. The van der Waals surface area contributed by atoms with Crippen LogP contribution < -0.4 is 0 Å². The second kappa shape index (κ2) is 8.29. The Morgan fingerprint density at radius 1 is 1.04 bits per heavy atom. The van der Waals surface area contributed by atoms with Crippen LogP contribution in [0.2, 0.25) is 0 Å². The zero-order chi connectivity index (χ0) is 18.4. The van der Waals surface area contributed by atoms with Crippen molar-refractivity contribution in [2.45, 2.75) is 19.1 Å². The first-order chi connectivity index (χ1) is 12.7. The molecule has 0 bridgehead atoms. The van der Waals surface area contributed by atoms with E-state index in [0.29, 0.717) is 12.3 Å². The van der Waals surface area contributed by atoms with E-state index >= 15 is 0 Å². The molecule has 26 heavy (non-hydrogen) atoms. The van der Waals surface area contributed by atoms with Crippen molar-refractivity contribution in [3.05, 3.63) is 71.8 Å². The van der Waals surface area contributed by atoms with Crippen molar-refractivity contribution in [3.8, 4) is 0 Å². The van der Waals surface area contributed by atoms with Gasteiger partial charge in [0.05, 0.1) is 13.7 Å². The van der Waals surface area contributed by atoms with Gasteiger partial charge in [0.25, 0.3) is 0 Å². The van der Waals surface area contributed by atoms with Gasteiger partial charge in [-0.3, -0.25) is 9.89 Å². The van der Waals surface area contributed by atoms with E-state index in [4.69, 9.17) is 9.47 Å². The second-order valence-electron chi connectivity index (χ2n) is 5.90. The molecule has 6 heteroatoms. The summed E-state index contributed by atoms with van der Waals surface area (Å²) in [7, 11) is 1.31. The summed E-state index contributed by atoms with van der Waals surface area (Å²) in [6.45, 7) is 0.292. The Kier molecular flexibility index (Phi) is 5.63. The molecular weight excluding hydrogens is 332 g/mol. The Balaban J connectivity index is 1.71. The molecule has 0 aliphatic carbocycles. The van der Waals surface area contributed by atoms with E-state index in [1.54, 1.807) is 0 Å². The number of benzene rings is 2.